The number of rotatable bonds is 6. The van der Waals surface area contributed by atoms with Gasteiger partial charge in [-0.2, -0.15) is 0 Å². The predicted molar refractivity (Wildman–Crippen MR) is 100 cm³/mol. The third-order valence-electron chi connectivity index (χ3n) is 3.15. The zero-order valence-electron chi connectivity index (χ0n) is 12.9. The van der Waals surface area contributed by atoms with Crippen LogP contribution in [0.3, 0.4) is 0 Å². The van der Waals surface area contributed by atoms with Crippen LogP contribution < -0.4 is 5.32 Å². The van der Waals surface area contributed by atoms with Crippen molar-refractivity contribution in [1.82, 2.24) is 10.2 Å². The number of anilines is 1. The molecule has 25 heavy (non-hydrogen) atoms. The van der Waals surface area contributed by atoms with Gasteiger partial charge in [-0.1, -0.05) is 34.4 Å². The zero-order valence-corrected chi connectivity index (χ0v) is 15.2. The van der Waals surface area contributed by atoms with Crippen molar-refractivity contribution in [3.8, 4) is 11.5 Å². The molecule has 8 heteroatoms. The van der Waals surface area contributed by atoms with E-state index in [1.54, 1.807) is 36.0 Å². The Morgan fingerprint density at radius 3 is 2.64 bits per heavy atom. The van der Waals surface area contributed by atoms with Crippen LogP contribution in [0.25, 0.3) is 11.5 Å². The lowest BCUT2D eigenvalue weighted by Crippen LogP contribution is -2.12. The van der Waals surface area contributed by atoms with Gasteiger partial charge in [0.1, 0.15) is 0 Å². The van der Waals surface area contributed by atoms with Crippen LogP contribution in [-0.4, -0.2) is 21.9 Å². The summed E-state index contributed by atoms with van der Waals surface area (Å²) in [6, 6.07) is 14.6. The number of benzene rings is 2. The van der Waals surface area contributed by atoms with Crippen molar-refractivity contribution in [1.29, 1.82) is 0 Å². The van der Waals surface area contributed by atoms with Crippen molar-refractivity contribution in [2.24, 2.45) is 0 Å². The molecule has 3 rings (SSSR count). The summed E-state index contributed by atoms with van der Waals surface area (Å²) in [7, 11) is 0. The van der Waals surface area contributed by atoms with Gasteiger partial charge in [0.05, 0.1) is 0 Å². The summed E-state index contributed by atoms with van der Waals surface area (Å²) < 4.78 is 5.44. The van der Waals surface area contributed by atoms with Gasteiger partial charge in [-0.25, -0.2) is 0 Å². The van der Waals surface area contributed by atoms with Gasteiger partial charge in [-0.05, 0) is 42.5 Å². The van der Waals surface area contributed by atoms with Gasteiger partial charge in [-0.15, -0.1) is 16.9 Å². The number of aromatic nitrogens is 2. The van der Waals surface area contributed by atoms with Crippen LogP contribution in [0.4, 0.5) is 6.01 Å². The largest absolute Gasteiger partial charge is 0.403 e. The van der Waals surface area contributed by atoms with Crippen LogP contribution in [0.1, 0.15) is 6.42 Å². The SMILES string of the molecule is O=C(CCSc1ccc(Cl)cc1)Nc1nnc(-c2cccc(Cl)c2)o1. The van der Waals surface area contributed by atoms with E-state index in [4.69, 9.17) is 27.6 Å². The summed E-state index contributed by atoms with van der Waals surface area (Å²) in [5, 5.41) is 11.6. The topological polar surface area (TPSA) is 68.0 Å². The van der Waals surface area contributed by atoms with Crippen molar-refractivity contribution in [3.63, 3.8) is 0 Å². The average Bonchev–Trinajstić information content (AvgIpc) is 3.05. The maximum absolute atomic E-state index is 12.0. The highest BCUT2D eigenvalue weighted by molar-refractivity contribution is 7.99. The summed E-state index contributed by atoms with van der Waals surface area (Å²) in [5.74, 6) is 0.735. The number of hydrogen-bond acceptors (Lipinski definition) is 5. The number of amides is 1. The number of nitrogens with one attached hydrogen (secondary N) is 1. The summed E-state index contributed by atoms with van der Waals surface area (Å²) in [5.41, 5.74) is 0.693. The second-order valence-corrected chi connectivity index (χ2v) is 7.06. The zero-order chi connectivity index (χ0) is 17.6. The minimum Gasteiger partial charge on any atom is -0.403 e. The summed E-state index contributed by atoms with van der Waals surface area (Å²) in [6.07, 6.45) is 0.322. The molecular formula is C17H13Cl2N3O2S. The molecule has 0 bridgehead atoms. The van der Waals surface area contributed by atoms with E-state index in [9.17, 15) is 4.79 Å². The number of carbonyl (C=O) groups is 1. The van der Waals surface area contributed by atoms with Crippen LogP contribution in [-0.2, 0) is 4.79 Å². The second kappa shape index (κ2) is 8.38. The molecule has 1 amide bonds. The molecule has 0 atom stereocenters. The molecule has 0 aliphatic rings. The van der Waals surface area contributed by atoms with Crippen molar-refractivity contribution < 1.29 is 9.21 Å². The summed E-state index contributed by atoms with van der Waals surface area (Å²) >= 11 is 13.3. The smallest absolute Gasteiger partial charge is 0.322 e. The van der Waals surface area contributed by atoms with Gasteiger partial charge >= 0.3 is 6.01 Å². The molecule has 0 saturated carbocycles. The first-order valence-electron chi connectivity index (χ1n) is 7.38. The molecule has 2 aromatic carbocycles. The molecule has 0 radical (unpaired) electrons. The lowest BCUT2D eigenvalue weighted by atomic mass is 10.2. The third kappa shape index (κ3) is 5.22. The Balaban J connectivity index is 1.50. The minimum absolute atomic E-state index is 0.0662. The first-order valence-corrected chi connectivity index (χ1v) is 9.12. The van der Waals surface area contributed by atoms with Crippen molar-refractivity contribution in [2.45, 2.75) is 11.3 Å². The molecule has 0 fully saturated rings. The molecule has 0 unspecified atom stereocenters. The Labute approximate surface area is 158 Å². The molecular weight excluding hydrogens is 381 g/mol. The number of thioether (sulfide) groups is 1. The molecule has 128 valence electrons. The average molecular weight is 394 g/mol. The van der Waals surface area contributed by atoms with Gasteiger partial charge in [0.15, 0.2) is 0 Å². The summed E-state index contributed by atoms with van der Waals surface area (Å²) in [4.78, 5) is 13.0. The lowest BCUT2D eigenvalue weighted by Gasteiger charge is -2.02. The molecule has 0 saturated heterocycles. The molecule has 1 N–H and O–H groups in total. The second-order valence-electron chi connectivity index (χ2n) is 5.02. The Bertz CT molecular complexity index is 868. The monoisotopic (exact) mass is 393 g/mol. The Hall–Kier alpha value is -2.02. The van der Waals surface area contributed by atoms with Crippen LogP contribution in [0.2, 0.25) is 10.0 Å². The molecule has 0 aliphatic carbocycles. The maximum Gasteiger partial charge on any atom is 0.322 e. The van der Waals surface area contributed by atoms with Gasteiger partial charge < -0.3 is 4.42 Å². The van der Waals surface area contributed by atoms with Crippen LogP contribution >= 0.6 is 35.0 Å². The fourth-order valence-corrected chi connectivity index (χ4v) is 3.15. The first-order chi connectivity index (χ1) is 12.1. The third-order valence-corrected chi connectivity index (χ3v) is 4.66. The van der Waals surface area contributed by atoms with E-state index in [0.717, 1.165) is 4.90 Å². The first kappa shape index (κ1) is 17.8. The van der Waals surface area contributed by atoms with E-state index in [0.29, 0.717) is 33.7 Å². The van der Waals surface area contributed by atoms with E-state index in [-0.39, 0.29) is 11.9 Å². The molecule has 0 spiro atoms. The van der Waals surface area contributed by atoms with E-state index in [1.807, 2.05) is 24.3 Å². The Kier molecular flexibility index (Phi) is 5.96. The Morgan fingerprint density at radius 1 is 1.08 bits per heavy atom. The van der Waals surface area contributed by atoms with Gasteiger partial charge in [0.2, 0.25) is 11.8 Å². The maximum atomic E-state index is 12.0. The Morgan fingerprint density at radius 2 is 1.88 bits per heavy atom. The van der Waals surface area contributed by atoms with E-state index in [2.05, 4.69) is 15.5 Å². The van der Waals surface area contributed by atoms with Crippen LogP contribution in [0.5, 0.6) is 0 Å². The fraction of sp³-hybridized carbons (Fsp3) is 0.118. The molecule has 5 nitrogen and oxygen atoms in total. The molecule has 1 heterocycles. The van der Waals surface area contributed by atoms with Crippen molar-refractivity contribution in [2.75, 3.05) is 11.1 Å². The lowest BCUT2D eigenvalue weighted by molar-refractivity contribution is -0.115. The quantitative estimate of drug-likeness (QED) is 0.585. The normalized spacial score (nSPS) is 10.6. The minimum atomic E-state index is -0.192. The number of halogens is 2. The van der Waals surface area contributed by atoms with Crippen LogP contribution in [0, 0.1) is 0 Å². The van der Waals surface area contributed by atoms with Crippen molar-refractivity contribution >= 4 is 46.9 Å². The van der Waals surface area contributed by atoms with Crippen molar-refractivity contribution in [3.05, 3.63) is 58.6 Å². The van der Waals surface area contributed by atoms with Crippen LogP contribution in [0.15, 0.2) is 57.8 Å². The van der Waals surface area contributed by atoms with E-state index < -0.39 is 0 Å². The van der Waals surface area contributed by atoms with E-state index >= 15 is 0 Å². The highest BCUT2D eigenvalue weighted by Gasteiger charge is 2.11. The number of carbonyl (C=O) groups excluding carboxylic acids is 1. The predicted octanol–water partition coefficient (Wildman–Crippen LogP) is 5.16. The van der Waals surface area contributed by atoms with E-state index in [1.165, 1.54) is 0 Å². The summed E-state index contributed by atoms with van der Waals surface area (Å²) in [6.45, 7) is 0. The molecule has 0 aliphatic heterocycles. The standard InChI is InChI=1S/C17H13Cl2N3O2S/c18-12-4-6-14(7-5-12)25-9-8-15(23)20-17-22-21-16(24-17)11-2-1-3-13(19)10-11/h1-7,10H,8-9H2,(H,20,22,23). The highest BCUT2D eigenvalue weighted by Crippen LogP contribution is 2.23. The number of hydrogen-bond donors (Lipinski definition) is 1. The fourth-order valence-electron chi connectivity index (χ4n) is 1.99. The van der Waals surface area contributed by atoms with Gasteiger partial charge in [0.25, 0.3) is 0 Å². The molecule has 1 aromatic heterocycles. The van der Waals surface area contributed by atoms with Gasteiger partial charge in [0, 0.05) is 32.7 Å². The molecule has 3 aromatic rings. The number of nitrogens with zero attached hydrogens (tertiary/aromatic N) is 2. The van der Waals surface area contributed by atoms with Gasteiger partial charge in [-0.3, -0.25) is 10.1 Å². The highest BCUT2D eigenvalue weighted by atomic mass is 35.5.